The molecule has 6 nitrogen and oxygen atoms in total. The molecule has 1 aromatic heterocycles. The highest BCUT2D eigenvalue weighted by molar-refractivity contribution is 5.45. The van der Waals surface area contributed by atoms with Crippen LogP contribution in [-0.4, -0.2) is 73.4 Å². The number of hydrogen-bond acceptors (Lipinski definition) is 6. The van der Waals surface area contributed by atoms with Gasteiger partial charge in [-0.25, -0.2) is 9.37 Å². The molecule has 1 aliphatic heterocycles. The van der Waals surface area contributed by atoms with Gasteiger partial charge in [-0.3, -0.25) is 0 Å². The summed E-state index contributed by atoms with van der Waals surface area (Å²) in [5, 5.41) is 0. The maximum Gasteiger partial charge on any atom is 0.226 e. The highest BCUT2D eigenvalue weighted by Crippen LogP contribution is 2.27. The molecule has 0 unspecified atom stereocenters. The van der Waals surface area contributed by atoms with Crippen LogP contribution in [-0.2, 0) is 0 Å². The molecule has 0 amide bonds. The van der Waals surface area contributed by atoms with Gasteiger partial charge in [0.25, 0.3) is 0 Å². The Morgan fingerprint density at radius 1 is 1.39 bits per heavy atom. The summed E-state index contributed by atoms with van der Waals surface area (Å²) >= 11 is 0. The molecular weight excluding hydrogens is 295 g/mol. The average molecular weight is 324 g/mol. The quantitative estimate of drug-likeness (QED) is 0.846. The van der Waals surface area contributed by atoms with Crippen LogP contribution in [0.25, 0.3) is 0 Å². The molecule has 1 aliphatic rings. The Labute approximate surface area is 138 Å². The van der Waals surface area contributed by atoms with E-state index in [4.69, 9.17) is 5.73 Å². The van der Waals surface area contributed by atoms with E-state index in [0.29, 0.717) is 18.9 Å². The predicted octanol–water partition coefficient (Wildman–Crippen LogP) is 1.13. The molecule has 2 N–H and O–H groups in total. The lowest BCUT2D eigenvalue weighted by atomic mass is 10.1. The summed E-state index contributed by atoms with van der Waals surface area (Å²) in [5.41, 5.74) is 5.82. The Hall–Kier alpha value is -1.47. The molecule has 2 heterocycles. The van der Waals surface area contributed by atoms with Crippen LogP contribution in [0.5, 0.6) is 0 Å². The van der Waals surface area contributed by atoms with Gasteiger partial charge in [-0.15, -0.1) is 0 Å². The number of nitrogens with zero attached hydrogens (tertiary/aromatic N) is 5. The summed E-state index contributed by atoms with van der Waals surface area (Å²) in [6.07, 6.45) is 1.43. The van der Waals surface area contributed by atoms with Gasteiger partial charge in [-0.2, -0.15) is 4.98 Å². The highest BCUT2D eigenvalue weighted by Gasteiger charge is 2.34. The number of aromatic nitrogens is 2. The Kier molecular flexibility index (Phi) is 5.41. The fourth-order valence-electron chi connectivity index (χ4n) is 3.15. The zero-order valence-electron chi connectivity index (χ0n) is 14.8. The SMILES string of the molecule is CN(C[C@@H]1C[C@H](F)CN1c1ccnc(N(C)C)n1)CC(C)(C)N. The van der Waals surface area contributed by atoms with Crippen molar-refractivity contribution in [2.45, 2.75) is 38.0 Å². The minimum atomic E-state index is -0.822. The number of anilines is 2. The van der Waals surface area contributed by atoms with Crippen LogP contribution in [0.2, 0.25) is 0 Å². The smallest absolute Gasteiger partial charge is 0.226 e. The molecular formula is C16H29FN6. The number of hydrogen-bond donors (Lipinski definition) is 1. The second kappa shape index (κ2) is 6.97. The molecule has 1 aromatic rings. The molecule has 0 aliphatic carbocycles. The summed E-state index contributed by atoms with van der Waals surface area (Å²) in [4.78, 5) is 14.9. The Morgan fingerprint density at radius 2 is 2.09 bits per heavy atom. The van der Waals surface area contributed by atoms with Crippen molar-refractivity contribution in [3.63, 3.8) is 0 Å². The Balaban J connectivity index is 2.11. The van der Waals surface area contributed by atoms with E-state index in [2.05, 4.69) is 19.8 Å². The molecule has 0 bridgehead atoms. The van der Waals surface area contributed by atoms with E-state index in [1.807, 2.05) is 46.0 Å². The van der Waals surface area contributed by atoms with Gasteiger partial charge < -0.3 is 20.4 Å². The predicted molar refractivity (Wildman–Crippen MR) is 92.8 cm³/mol. The van der Waals surface area contributed by atoms with Crippen LogP contribution < -0.4 is 15.5 Å². The second-order valence-corrected chi connectivity index (χ2v) is 7.43. The molecule has 1 fully saturated rings. The van der Waals surface area contributed by atoms with E-state index >= 15 is 0 Å². The molecule has 0 spiro atoms. The zero-order valence-corrected chi connectivity index (χ0v) is 14.8. The fourth-order valence-corrected chi connectivity index (χ4v) is 3.15. The van der Waals surface area contributed by atoms with Gasteiger partial charge in [-0.1, -0.05) is 0 Å². The zero-order chi connectivity index (χ0) is 17.2. The van der Waals surface area contributed by atoms with Crippen molar-refractivity contribution in [3.05, 3.63) is 12.3 Å². The molecule has 0 aromatic carbocycles. The van der Waals surface area contributed by atoms with Crippen molar-refractivity contribution in [1.82, 2.24) is 14.9 Å². The maximum atomic E-state index is 14.0. The third-order valence-corrected chi connectivity index (χ3v) is 3.89. The lowest BCUT2D eigenvalue weighted by molar-refractivity contribution is 0.250. The second-order valence-electron chi connectivity index (χ2n) is 7.43. The fraction of sp³-hybridized carbons (Fsp3) is 0.750. The first-order valence-electron chi connectivity index (χ1n) is 8.04. The molecule has 1 saturated heterocycles. The number of likely N-dealkylation sites (N-methyl/N-ethyl adjacent to an activating group) is 1. The van der Waals surface area contributed by atoms with Crippen LogP contribution in [0.4, 0.5) is 16.2 Å². The number of alkyl halides is 1. The minimum absolute atomic E-state index is 0.0993. The summed E-state index contributed by atoms with van der Waals surface area (Å²) in [6, 6.07) is 1.95. The highest BCUT2D eigenvalue weighted by atomic mass is 19.1. The first-order chi connectivity index (χ1) is 10.7. The van der Waals surface area contributed by atoms with Gasteiger partial charge in [0.1, 0.15) is 12.0 Å². The van der Waals surface area contributed by atoms with E-state index < -0.39 is 6.17 Å². The summed E-state index contributed by atoms with van der Waals surface area (Å²) in [7, 11) is 5.83. The van der Waals surface area contributed by atoms with Crippen molar-refractivity contribution in [2.75, 3.05) is 50.6 Å². The van der Waals surface area contributed by atoms with Crippen LogP contribution in [0, 0.1) is 0 Å². The van der Waals surface area contributed by atoms with Gasteiger partial charge in [0.15, 0.2) is 0 Å². The van der Waals surface area contributed by atoms with Gasteiger partial charge in [0, 0.05) is 51.4 Å². The first-order valence-corrected chi connectivity index (χ1v) is 8.04. The van der Waals surface area contributed by atoms with Crippen LogP contribution in [0.3, 0.4) is 0 Å². The lowest BCUT2D eigenvalue weighted by Gasteiger charge is -2.32. The molecule has 7 heteroatoms. The Morgan fingerprint density at radius 3 is 2.70 bits per heavy atom. The number of nitrogens with two attached hydrogens (primary N) is 1. The largest absolute Gasteiger partial charge is 0.349 e. The van der Waals surface area contributed by atoms with Crippen LogP contribution in [0.1, 0.15) is 20.3 Å². The third kappa shape index (κ3) is 5.00. The number of halogens is 1. The summed E-state index contributed by atoms with van der Waals surface area (Å²) < 4.78 is 14.0. The van der Waals surface area contributed by atoms with Crippen LogP contribution in [0.15, 0.2) is 12.3 Å². The minimum Gasteiger partial charge on any atom is -0.349 e. The van der Waals surface area contributed by atoms with E-state index in [9.17, 15) is 4.39 Å². The van der Waals surface area contributed by atoms with Gasteiger partial charge in [-0.05, 0) is 27.0 Å². The maximum absolute atomic E-state index is 14.0. The van der Waals surface area contributed by atoms with Gasteiger partial charge >= 0.3 is 0 Å². The first kappa shape index (κ1) is 17.9. The van der Waals surface area contributed by atoms with Crippen molar-refractivity contribution in [1.29, 1.82) is 0 Å². The molecule has 0 saturated carbocycles. The molecule has 0 radical (unpaired) electrons. The third-order valence-electron chi connectivity index (χ3n) is 3.89. The van der Waals surface area contributed by atoms with Gasteiger partial charge in [0.05, 0.1) is 6.54 Å². The van der Waals surface area contributed by atoms with E-state index in [0.717, 1.165) is 18.9 Å². The Bertz CT molecular complexity index is 516. The van der Waals surface area contributed by atoms with Gasteiger partial charge in [0.2, 0.25) is 5.95 Å². The summed E-state index contributed by atoms with van der Waals surface area (Å²) in [5.74, 6) is 1.43. The topological polar surface area (TPSA) is 61.5 Å². The molecule has 2 atom stereocenters. The van der Waals surface area contributed by atoms with E-state index in [-0.39, 0.29) is 11.6 Å². The molecule has 130 valence electrons. The van der Waals surface area contributed by atoms with Crippen LogP contribution >= 0.6 is 0 Å². The average Bonchev–Trinajstić information content (AvgIpc) is 2.77. The number of rotatable bonds is 6. The summed E-state index contributed by atoms with van der Waals surface area (Å²) in [6.45, 7) is 5.92. The van der Waals surface area contributed by atoms with E-state index in [1.165, 1.54) is 0 Å². The standard InChI is InChI=1S/C16H29FN6/c1-16(2,18)11-22(5)10-13-8-12(17)9-23(13)14-6-7-19-15(20-14)21(3)4/h6-7,12-13H,8-11,18H2,1-5H3/t12-,13-/m0/s1. The lowest BCUT2D eigenvalue weighted by Crippen LogP contribution is -2.48. The van der Waals surface area contributed by atoms with Crippen molar-refractivity contribution >= 4 is 11.8 Å². The van der Waals surface area contributed by atoms with Crippen molar-refractivity contribution in [3.8, 4) is 0 Å². The van der Waals surface area contributed by atoms with Crippen molar-refractivity contribution in [2.24, 2.45) is 5.73 Å². The monoisotopic (exact) mass is 324 g/mol. The van der Waals surface area contributed by atoms with E-state index in [1.54, 1.807) is 6.20 Å². The molecule has 23 heavy (non-hydrogen) atoms. The normalized spacial score (nSPS) is 22.0. The van der Waals surface area contributed by atoms with Crippen molar-refractivity contribution < 1.29 is 4.39 Å². The molecule has 2 rings (SSSR count).